The third-order valence-electron chi connectivity index (χ3n) is 5.98. The smallest absolute Gasteiger partial charge is 0.410 e. The molecular weight excluding hydrogens is 394 g/mol. The summed E-state index contributed by atoms with van der Waals surface area (Å²) in [4.78, 5) is 25.9. The average Bonchev–Trinajstić information content (AvgIpc) is 3.41. The Morgan fingerprint density at radius 3 is 2.74 bits per heavy atom. The number of anilines is 1. The van der Waals surface area contributed by atoms with E-state index in [9.17, 15) is 4.79 Å². The number of aromatic nitrogens is 5. The molecule has 2 aliphatic rings. The van der Waals surface area contributed by atoms with E-state index in [0.717, 1.165) is 47.9 Å². The van der Waals surface area contributed by atoms with Gasteiger partial charge in [-0.2, -0.15) is 5.10 Å². The number of carbonyl (C=O) groups is 1. The number of imidazole rings is 1. The summed E-state index contributed by atoms with van der Waals surface area (Å²) >= 11 is 0. The fourth-order valence-corrected chi connectivity index (χ4v) is 4.21. The number of amides is 1. The van der Waals surface area contributed by atoms with E-state index in [2.05, 4.69) is 26.3 Å². The number of hydrogen-bond donors (Lipinski definition) is 0. The van der Waals surface area contributed by atoms with Crippen molar-refractivity contribution >= 4 is 17.6 Å². The van der Waals surface area contributed by atoms with E-state index in [-0.39, 0.29) is 12.1 Å². The molecule has 2 aliphatic heterocycles. The first-order chi connectivity index (χ1) is 14.8. The van der Waals surface area contributed by atoms with E-state index >= 15 is 0 Å². The Labute approximate surface area is 181 Å². The average molecular weight is 424 g/mol. The molecule has 5 heterocycles. The Bertz CT molecular complexity index is 1120. The first-order valence-corrected chi connectivity index (χ1v) is 10.9. The van der Waals surface area contributed by atoms with Gasteiger partial charge >= 0.3 is 6.09 Å². The van der Waals surface area contributed by atoms with Crippen LogP contribution in [0, 0.1) is 6.92 Å². The maximum absolute atomic E-state index is 12.4. The second kappa shape index (κ2) is 7.25. The van der Waals surface area contributed by atoms with Crippen molar-refractivity contribution in [1.29, 1.82) is 0 Å². The molecule has 0 aliphatic carbocycles. The molecule has 9 heteroatoms. The van der Waals surface area contributed by atoms with Gasteiger partial charge in [-0.25, -0.2) is 14.8 Å². The minimum absolute atomic E-state index is 0.133. The molecule has 0 spiro atoms. The van der Waals surface area contributed by atoms with Crippen LogP contribution in [0.1, 0.15) is 45.3 Å². The summed E-state index contributed by atoms with van der Waals surface area (Å²) in [5, 5.41) is 4.62. The van der Waals surface area contributed by atoms with E-state index in [1.54, 1.807) is 4.90 Å². The number of aryl methyl sites for hydroxylation is 1. The number of rotatable bonds is 3. The van der Waals surface area contributed by atoms with E-state index < -0.39 is 5.60 Å². The van der Waals surface area contributed by atoms with Crippen molar-refractivity contribution in [3.05, 3.63) is 30.5 Å². The monoisotopic (exact) mass is 423 g/mol. The molecule has 0 saturated carbocycles. The van der Waals surface area contributed by atoms with Gasteiger partial charge in [0.15, 0.2) is 11.5 Å². The van der Waals surface area contributed by atoms with Crippen LogP contribution >= 0.6 is 0 Å². The van der Waals surface area contributed by atoms with Gasteiger partial charge in [0.1, 0.15) is 5.60 Å². The van der Waals surface area contributed by atoms with Crippen molar-refractivity contribution < 1.29 is 9.53 Å². The van der Waals surface area contributed by atoms with Gasteiger partial charge in [0, 0.05) is 56.0 Å². The van der Waals surface area contributed by atoms with Crippen LogP contribution < -0.4 is 4.90 Å². The molecular formula is C22H29N7O2. The van der Waals surface area contributed by atoms with E-state index in [0.29, 0.717) is 13.1 Å². The van der Waals surface area contributed by atoms with Crippen LogP contribution in [-0.4, -0.2) is 66.9 Å². The number of ether oxygens (including phenoxy) is 1. The highest BCUT2D eigenvalue weighted by atomic mass is 16.6. The maximum atomic E-state index is 12.4. The topological polar surface area (TPSA) is 80.8 Å². The summed E-state index contributed by atoms with van der Waals surface area (Å²) in [5.41, 5.74) is 3.35. The number of nitrogens with zero attached hydrogens (tertiary/aromatic N) is 7. The molecule has 164 valence electrons. The summed E-state index contributed by atoms with van der Waals surface area (Å²) in [6, 6.07) is 0.133. The zero-order valence-electron chi connectivity index (χ0n) is 18.6. The summed E-state index contributed by atoms with van der Waals surface area (Å²) in [7, 11) is 0. The molecule has 0 bridgehead atoms. The second-order valence-electron chi connectivity index (χ2n) is 9.41. The van der Waals surface area contributed by atoms with Crippen LogP contribution in [0.5, 0.6) is 0 Å². The van der Waals surface area contributed by atoms with Crippen molar-refractivity contribution in [1.82, 2.24) is 29.0 Å². The van der Waals surface area contributed by atoms with Crippen LogP contribution in [0.25, 0.3) is 16.9 Å². The van der Waals surface area contributed by atoms with Gasteiger partial charge in [0.05, 0.1) is 17.9 Å². The molecule has 3 aromatic heterocycles. The second-order valence-corrected chi connectivity index (χ2v) is 9.41. The normalized spacial score (nSPS) is 19.2. The molecule has 1 unspecified atom stereocenters. The standard InChI is InChI=1S/C22H29N7O2/c1-15-18(25-20(26-8-5-9-26)19-23-7-11-28(15)19)16-12-24-29(13-16)17-6-10-27(14-17)21(30)31-22(2,3)4/h7,11-13,17H,5-6,8-10,14H2,1-4H3. The minimum Gasteiger partial charge on any atom is -0.444 e. The maximum Gasteiger partial charge on any atom is 0.410 e. The first-order valence-electron chi connectivity index (χ1n) is 10.9. The molecule has 0 radical (unpaired) electrons. The molecule has 2 saturated heterocycles. The molecule has 31 heavy (non-hydrogen) atoms. The Morgan fingerprint density at radius 2 is 2.03 bits per heavy atom. The zero-order chi connectivity index (χ0) is 21.8. The Hall–Kier alpha value is -3.10. The highest BCUT2D eigenvalue weighted by Crippen LogP contribution is 2.31. The lowest BCUT2D eigenvalue weighted by Gasteiger charge is -2.32. The molecule has 5 rings (SSSR count). The first kappa shape index (κ1) is 19.8. The molecule has 9 nitrogen and oxygen atoms in total. The molecule has 0 aromatic carbocycles. The lowest BCUT2D eigenvalue weighted by atomic mass is 10.2. The highest BCUT2D eigenvalue weighted by molar-refractivity contribution is 5.72. The number of carbonyl (C=O) groups excluding carboxylic acids is 1. The molecule has 3 aromatic rings. The van der Waals surface area contributed by atoms with Crippen LogP contribution in [0.2, 0.25) is 0 Å². The Kier molecular flexibility index (Phi) is 4.64. The minimum atomic E-state index is -0.489. The summed E-state index contributed by atoms with van der Waals surface area (Å²) < 4.78 is 9.58. The zero-order valence-corrected chi connectivity index (χ0v) is 18.6. The fourth-order valence-electron chi connectivity index (χ4n) is 4.21. The predicted molar refractivity (Wildman–Crippen MR) is 117 cm³/mol. The van der Waals surface area contributed by atoms with Gasteiger partial charge < -0.3 is 14.5 Å². The third-order valence-corrected chi connectivity index (χ3v) is 5.98. The summed E-state index contributed by atoms with van der Waals surface area (Å²) in [6.45, 7) is 11.0. The van der Waals surface area contributed by atoms with Crippen LogP contribution in [0.4, 0.5) is 10.6 Å². The third kappa shape index (κ3) is 3.62. The van der Waals surface area contributed by atoms with Gasteiger partial charge in [0.25, 0.3) is 0 Å². The molecule has 1 atom stereocenters. The van der Waals surface area contributed by atoms with Gasteiger partial charge in [0.2, 0.25) is 0 Å². The van der Waals surface area contributed by atoms with Crippen molar-refractivity contribution in [2.24, 2.45) is 0 Å². The van der Waals surface area contributed by atoms with Gasteiger partial charge in [-0.15, -0.1) is 0 Å². The van der Waals surface area contributed by atoms with Crippen LogP contribution in [0.3, 0.4) is 0 Å². The van der Waals surface area contributed by atoms with Gasteiger partial charge in [-0.05, 0) is 40.5 Å². The lowest BCUT2D eigenvalue weighted by molar-refractivity contribution is 0.0288. The lowest BCUT2D eigenvalue weighted by Crippen LogP contribution is -2.38. The van der Waals surface area contributed by atoms with Crippen LogP contribution in [-0.2, 0) is 4.74 Å². The largest absolute Gasteiger partial charge is 0.444 e. The van der Waals surface area contributed by atoms with Crippen molar-refractivity contribution in [2.45, 2.75) is 52.2 Å². The quantitative estimate of drug-likeness (QED) is 0.643. The predicted octanol–water partition coefficient (Wildman–Crippen LogP) is 3.29. The van der Waals surface area contributed by atoms with Crippen molar-refractivity contribution in [3.63, 3.8) is 0 Å². The van der Waals surface area contributed by atoms with Crippen molar-refractivity contribution in [2.75, 3.05) is 31.1 Å². The van der Waals surface area contributed by atoms with Gasteiger partial charge in [-0.1, -0.05) is 0 Å². The van der Waals surface area contributed by atoms with Crippen LogP contribution in [0.15, 0.2) is 24.8 Å². The van der Waals surface area contributed by atoms with E-state index in [1.807, 2.05) is 50.2 Å². The number of fused-ring (bicyclic) bond motifs is 1. The molecule has 0 N–H and O–H groups in total. The fraction of sp³-hybridized carbons (Fsp3) is 0.545. The summed E-state index contributed by atoms with van der Waals surface area (Å²) in [5.74, 6) is 0.932. The number of hydrogen-bond acceptors (Lipinski definition) is 6. The van der Waals surface area contributed by atoms with E-state index in [1.165, 1.54) is 6.42 Å². The molecule has 2 fully saturated rings. The molecule has 1 amide bonds. The highest BCUT2D eigenvalue weighted by Gasteiger charge is 2.31. The SMILES string of the molecule is Cc1c(-c2cnn(C3CCN(C(=O)OC(C)(C)C)C3)c2)nc(N2CCC2)c2nccn12. The van der Waals surface area contributed by atoms with Gasteiger partial charge in [-0.3, -0.25) is 9.08 Å². The van der Waals surface area contributed by atoms with E-state index in [4.69, 9.17) is 9.72 Å². The number of likely N-dealkylation sites (tertiary alicyclic amines) is 1. The Balaban J connectivity index is 1.40. The summed E-state index contributed by atoms with van der Waals surface area (Å²) in [6.07, 6.45) is 9.50. The Morgan fingerprint density at radius 1 is 1.23 bits per heavy atom. The van der Waals surface area contributed by atoms with Crippen molar-refractivity contribution in [3.8, 4) is 11.3 Å².